The molecule has 0 radical (unpaired) electrons. The molecule has 1 N–H and O–H groups in total. The zero-order valence-corrected chi connectivity index (χ0v) is 12.9. The van der Waals surface area contributed by atoms with Crippen LogP contribution in [0.15, 0.2) is 36.5 Å². The molecule has 1 aromatic heterocycles. The molecule has 1 heterocycles. The average molecular weight is 302 g/mol. The van der Waals surface area contributed by atoms with E-state index in [4.69, 9.17) is 4.74 Å². The second-order valence-electron chi connectivity index (χ2n) is 4.52. The van der Waals surface area contributed by atoms with Crippen LogP contribution in [-0.4, -0.2) is 17.5 Å². The van der Waals surface area contributed by atoms with Gasteiger partial charge in [0.05, 0.1) is 6.61 Å². The van der Waals surface area contributed by atoms with Gasteiger partial charge in [-0.25, -0.2) is 4.98 Å². The van der Waals surface area contributed by atoms with Gasteiger partial charge in [-0.15, -0.1) is 11.3 Å². The van der Waals surface area contributed by atoms with Crippen molar-refractivity contribution in [2.75, 3.05) is 11.9 Å². The Morgan fingerprint density at radius 1 is 1.38 bits per heavy atom. The second kappa shape index (κ2) is 7.59. The molecule has 0 aliphatic carbocycles. The molecule has 1 aromatic carbocycles. The van der Waals surface area contributed by atoms with E-state index < -0.39 is 0 Å². The van der Waals surface area contributed by atoms with Gasteiger partial charge in [-0.2, -0.15) is 0 Å². The first-order chi connectivity index (χ1) is 10.2. The number of aryl methyl sites for hydroxylation is 1. The molecule has 21 heavy (non-hydrogen) atoms. The molecule has 0 bridgehead atoms. The van der Waals surface area contributed by atoms with Crippen LogP contribution in [0.2, 0.25) is 0 Å². The van der Waals surface area contributed by atoms with E-state index in [1.54, 1.807) is 12.3 Å². The predicted octanol–water partition coefficient (Wildman–Crippen LogP) is 3.89. The number of rotatable bonds is 6. The molecular weight excluding hydrogens is 284 g/mol. The maximum absolute atomic E-state index is 11.7. The minimum absolute atomic E-state index is 0.185. The SMILES string of the molecule is CCCOc1ccc(/C=C/C(=O)Nc2ncc(C)s2)cc1. The fourth-order valence-corrected chi connectivity index (χ4v) is 2.29. The van der Waals surface area contributed by atoms with Crippen molar-refractivity contribution < 1.29 is 9.53 Å². The monoisotopic (exact) mass is 302 g/mol. The van der Waals surface area contributed by atoms with Crippen LogP contribution < -0.4 is 10.1 Å². The summed E-state index contributed by atoms with van der Waals surface area (Å²) in [7, 11) is 0. The molecule has 0 spiro atoms. The van der Waals surface area contributed by atoms with E-state index in [0.29, 0.717) is 11.7 Å². The Morgan fingerprint density at radius 2 is 2.14 bits per heavy atom. The van der Waals surface area contributed by atoms with Crippen molar-refractivity contribution in [3.63, 3.8) is 0 Å². The fourth-order valence-electron chi connectivity index (χ4n) is 1.63. The molecule has 2 rings (SSSR count). The van der Waals surface area contributed by atoms with E-state index in [1.807, 2.05) is 31.2 Å². The number of amides is 1. The smallest absolute Gasteiger partial charge is 0.250 e. The Kier molecular flexibility index (Phi) is 5.51. The van der Waals surface area contributed by atoms with Gasteiger partial charge in [-0.3, -0.25) is 10.1 Å². The summed E-state index contributed by atoms with van der Waals surface area (Å²) in [6.45, 7) is 4.73. The summed E-state index contributed by atoms with van der Waals surface area (Å²) in [6.07, 6.45) is 5.98. The van der Waals surface area contributed by atoms with Gasteiger partial charge in [0.25, 0.3) is 0 Å². The number of anilines is 1. The molecule has 0 atom stereocenters. The Hall–Kier alpha value is -2.14. The van der Waals surface area contributed by atoms with Gasteiger partial charge >= 0.3 is 0 Å². The van der Waals surface area contributed by atoms with Crippen LogP contribution in [-0.2, 0) is 4.79 Å². The second-order valence-corrected chi connectivity index (χ2v) is 5.75. The van der Waals surface area contributed by atoms with E-state index in [1.165, 1.54) is 17.4 Å². The number of ether oxygens (including phenoxy) is 1. The third-order valence-corrected chi connectivity index (χ3v) is 3.46. The molecule has 4 nitrogen and oxygen atoms in total. The van der Waals surface area contributed by atoms with Gasteiger partial charge in [0.15, 0.2) is 5.13 Å². The summed E-state index contributed by atoms with van der Waals surface area (Å²) in [6, 6.07) is 7.64. The quantitative estimate of drug-likeness (QED) is 0.824. The van der Waals surface area contributed by atoms with E-state index in [-0.39, 0.29) is 5.91 Å². The largest absolute Gasteiger partial charge is 0.494 e. The Bertz CT molecular complexity index is 617. The highest BCUT2D eigenvalue weighted by Crippen LogP contribution is 2.17. The lowest BCUT2D eigenvalue weighted by atomic mass is 10.2. The lowest BCUT2D eigenvalue weighted by Crippen LogP contribution is -2.07. The first-order valence-corrected chi connectivity index (χ1v) is 7.63. The molecule has 110 valence electrons. The van der Waals surface area contributed by atoms with Gasteiger partial charge in [0.1, 0.15) is 5.75 Å². The number of thiazole rings is 1. The highest BCUT2D eigenvalue weighted by Gasteiger charge is 2.01. The van der Waals surface area contributed by atoms with Crippen LogP contribution in [0.25, 0.3) is 6.08 Å². The van der Waals surface area contributed by atoms with Crippen molar-refractivity contribution in [2.24, 2.45) is 0 Å². The number of hydrogen-bond acceptors (Lipinski definition) is 4. The van der Waals surface area contributed by atoms with Crippen LogP contribution in [0.3, 0.4) is 0 Å². The molecule has 0 aliphatic rings. The molecule has 0 unspecified atom stereocenters. The minimum atomic E-state index is -0.185. The number of aromatic nitrogens is 1. The summed E-state index contributed by atoms with van der Waals surface area (Å²) in [5.41, 5.74) is 0.948. The molecule has 0 fully saturated rings. The number of carbonyl (C=O) groups is 1. The van der Waals surface area contributed by atoms with Gasteiger partial charge < -0.3 is 4.74 Å². The van der Waals surface area contributed by atoms with Gasteiger partial charge in [-0.05, 0) is 37.1 Å². The molecule has 0 aliphatic heterocycles. The van der Waals surface area contributed by atoms with Crippen molar-refractivity contribution in [3.8, 4) is 5.75 Å². The first-order valence-electron chi connectivity index (χ1n) is 6.81. The summed E-state index contributed by atoms with van der Waals surface area (Å²) < 4.78 is 5.51. The highest BCUT2D eigenvalue weighted by atomic mass is 32.1. The first kappa shape index (κ1) is 15.3. The van der Waals surface area contributed by atoms with Gasteiger partial charge in [-0.1, -0.05) is 19.1 Å². The average Bonchev–Trinajstić information content (AvgIpc) is 2.89. The van der Waals surface area contributed by atoms with Crippen molar-refractivity contribution in [2.45, 2.75) is 20.3 Å². The van der Waals surface area contributed by atoms with Crippen LogP contribution in [0.5, 0.6) is 5.75 Å². The summed E-state index contributed by atoms with van der Waals surface area (Å²) in [4.78, 5) is 16.9. The molecule has 0 saturated heterocycles. The number of nitrogens with one attached hydrogen (secondary N) is 1. The third-order valence-electron chi connectivity index (χ3n) is 2.63. The number of carbonyl (C=O) groups excluding carboxylic acids is 1. The highest BCUT2D eigenvalue weighted by molar-refractivity contribution is 7.15. The molecule has 1 amide bonds. The van der Waals surface area contributed by atoms with E-state index >= 15 is 0 Å². The normalized spacial score (nSPS) is 10.8. The van der Waals surface area contributed by atoms with Crippen molar-refractivity contribution in [1.29, 1.82) is 0 Å². The maximum Gasteiger partial charge on any atom is 0.250 e. The third kappa shape index (κ3) is 5.04. The Morgan fingerprint density at radius 3 is 2.76 bits per heavy atom. The lowest BCUT2D eigenvalue weighted by molar-refractivity contribution is -0.111. The Balaban J connectivity index is 1.89. The van der Waals surface area contributed by atoms with Crippen molar-refractivity contribution in [1.82, 2.24) is 4.98 Å². The molecule has 5 heteroatoms. The molecule has 2 aromatic rings. The fraction of sp³-hybridized carbons (Fsp3) is 0.250. The summed E-state index contributed by atoms with van der Waals surface area (Å²) >= 11 is 1.45. The van der Waals surface area contributed by atoms with Crippen LogP contribution in [0, 0.1) is 6.92 Å². The zero-order valence-electron chi connectivity index (χ0n) is 12.1. The molecule has 0 saturated carbocycles. The zero-order chi connectivity index (χ0) is 15.1. The summed E-state index contributed by atoms with van der Waals surface area (Å²) in [5, 5.41) is 3.35. The van der Waals surface area contributed by atoms with Crippen molar-refractivity contribution in [3.05, 3.63) is 47.0 Å². The van der Waals surface area contributed by atoms with Gasteiger partial charge in [0, 0.05) is 17.2 Å². The van der Waals surface area contributed by atoms with E-state index in [0.717, 1.165) is 22.6 Å². The topological polar surface area (TPSA) is 51.2 Å². The van der Waals surface area contributed by atoms with Gasteiger partial charge in [0.2, 0.25) is 5.91 Å². The van der Waals surface area contributed by atoms with Crippen LogP contribution in [0.1, 0.15) is 23.8 Å². The van der Waals surface area contributed by atoms with E-state index in [9.17, 15) is 4.79 Å². The minimum Gasteiger partial charge on any atom is -0.494 e. The number of nitrogens with zero attached hydrogens (tertiary/aromatic N) is 1. The Labute approximate surface area is 128 Å². The van der Waals surface area contributed by atoms with Crippen molar-refractivity contribution >= 4 is 28.5 Å². The van der Waals surface area contributed by atoms with Crippen LogP contribution in [0.4, 0.5) is 5.13 Å². The lowest BCUT2D eigenvalue weighted by Gasteiger charge is -2.03. The number of hydrogen-bond donors (Lipinski definition) is 1. The maximum atomic E-state index is 11.7. The number of benzene rings is 1. The van der Waals surface area contributed by atoms with Crippen LogP contribution >= 0.6 is 11.3 Å². The molecular formula is C16H18N2O2S. The standard InChI is InChI=1S/C16H18N2O2S/c1-3-10-20-14-7-4-13(5-8-14)6-9-15(19)18-16-17-11-12(2)21-16/h4-9,11H,3,10H2,1-2H3,(H,17,18,19)/b9-6+. The summed E-state index contributed by atoms with van der Waals surface area (Å²) in [5.74, 6) is 0.660. The van der Waals surface area contributed by atoms with E-state index in [2.05, 4.69) is 17.2 Å². The predicted molar refractivity (Wildman–Crippen MR) is 86.7 cm³/mol.